The van der Waals surface area contributed by atoms with Crippen molar-refractivity contribution in [1.29, 1.82) is 0 Å². The first-order valence-corrected chi connectivity index (χ1v) is 8.33. The fraction of sp³-hybridized carbons (Fsp3) is 0.769. The SMILES string of the molecule is CSC1CCCCC1NC(=O)N[C@@H](CCC(N)=O)C(=O)O. The van der Waals surface area contributed by atoms with Gasteiger partial charge in [-0.25, -0.2) is 9.59 Å². The van der Waals surface area contributed by atoms with Crippen LogP contribution in [0.4, 0.5) is 4.79 Å². The van der Waals surface area contributed by atoms with Crippen molar-refractivity contribution < 1.29 is 19.5 Å². The van der Waals surface area contributed by atoms with Crippen molar-refractivity contribution in [1.82, 2.24) is 10.6 Å². The van der Waals surface area contributed by atoms with Crippen molar-refractivity contribution in [2.45, 2.75) is 55.9 Å². The van der Waals surface area contributed by atoms with E-state index in [1.807, 2.05) is 6.26 Å². The summed E-state index contributed by atoms with van der Waals surface area (Å²) in [5.41, 5.74) is 4.99. The number of carboxylic acid groups (broad SMARTS) is 1. The molecule has 1 fully saturated rings. The van der Waals surface area contributed by atoms with Crippen molar-refractivity contribution in [2.75, 3.05) is 6.26 Å². The summed E-state index contributed by atoms with van der Waals surface area (Å²) in [6.07, 6.45) is 6.10. The minimum Gasteiger partial charge on any atom is -0.480 e. The zero-order valence-corrected chi connectivity index (χ0v) is 12.9. The maximum atomic E-state index is 11.9. The van der Waals surface area contributed by atoms with Gasteiger partial charge in [0.2, 0.25) is 5.91 Å². The molecule has 7 nitrogen and oxygen atoms in total. The molecular formula is C13H23N3O4S. The van der Waals surface area contributed by atoms with E-state index < -0.39 is 23.9 Å². The van der Waals surface area contributed by atoms with Gasteiger partial charge in [0, 0.05) is 17.7 Å². The monoisotopic (exact) mass is 317 g/mol. The van der Waals surface area contributed by atoms with Gasteiger partial charge in [-0.1, -0.05) is 12.8 Å². The van der Waals surface area contributed by atoms with Gasteiger partial charge >= 0.3 is 12.0 Å². The Balaban J connectivity index is 2.48. The molecule has 0 spiro atoms. The van der Waals surface area contributed by atoms with Crippen LogP contribution >= 0.6 is 11.8 Å². The summed E-state index contributed by atoms with van der Waals surface area (Å²) < 4.78 is 0. The number of amides is 3. The quantitative estimate of drug-likeness (QED) is 0.550. The van der Waals surface area contributed by atoms with Gasteiger partial charge in [0.05, 0.1) is 0 Å². The number of carbonyl (C=O) groups is 3. The summed E-state index contributed by atoms with van der Waals surface area (Å²) in [5.74, 6) is -1.75. The van der Waals surface area contributed by atoms with Crippen LogP contribution in [0.3, 0.4) is 0 Å². The van der Waals surface area contributed by atoms with E-state index in [1.54, 1.807) is 11.8 Å². The summed E-state index contributed by atoms with van der Waals surface area (Å²) in [6, 6.07) is -1.55. The molecule has 0 saturated heterocycles. The normalized spacial score (nSPS) is 23.1. The van der Waals surface area contributed by atoms with Gasteiger partial charge in [-0.05, 0) is 25.5 Å². The first kappa shape index (κ1) is 17.6. The number of urea groups is 1. The summed E-state index contributed by atoms with van der Waals surface area (Å²) in [4.78, 5) is 33.7. The first-order chi connectivity index (χ1) is 9.93. The van der Waals surface area contributed by atoms with Crippen LogP contribution in [0, 0.1) is 0 Å². The van der Waals surface area contributed by atoms with Crippen molar-refractivity contribution in [3.05, 3.63) is 0 Å². The Morgan fingerprint density at radius 3 is 2.57 bits per heavy atom. The Labute approximate surface area is 128 Å². The zero-order chi connectivity index (χ0) is 15.8. The number of rotatable bonds is 7. The standard InChI is InChI=1S/C13H23N3O4S/c1-21-10-5-3-2-4-8(10)15-13(20)16-9(12(18)19)6-7-11(14)17/h8-10H,2-7H2,1H3,(H2,14,17)(H,18,19)(H2,15,16,20)/t8?,9-,10?/m0/s1. The lowest BCUT2D eigenvalue weighted by Crippen LogP contribution is -2.52. The molecule has 2 unspecified atom stereocenters. The summed E-state index contributed by atoms with van der Waals surface area (Å²) in [6.45, 7) is 0. The predicted octanol–water partition coefficient (Wildman–Crippen LogP) is 0.679. The fourth-order valence-electron chi connectivity index (χ4n) is 2.46. The first-order valence-electron chi connectivity index (χ1n) is 7.05. The molecule has 3 amide bonds. The summed E-state index contributed by atoms with van der Waals surface area (Å²) in [7, 11) is 0. The lowest BCUT2D eigenvalue weighted by molar-refractivity contribution is -0.139. The van der Waals surface area contributed by atoms with Gasteiger partial charge in [0.1, 0.15) is 6.04 Å². The second kappa shape index (κ2) is 8.76. The Bertz CT molecular complexity index is 392. The molecule has 0 radical (unpaired) electrons. The van der Waals surface area contributed by atoms with Crippen LogP contribution in [0.2, 0.25) is 0 Å². The fourth-order valence-corrected chi connectivity index (χ4v) is 3.39. The van der Waals surface area contributed by atoms with E-state index in [0.29, 0.717) is 5.25 Å². The van der Waals surface area contributed by atoms with E-state index >= 15 is 0 Å². The highest BCUT2D eigenvalue weighted by Gasteiger charge is 2.27. The van der Waals surface area contributed by atoms with E-state index in [4.69, 9.17) is 10.8 Å². The molecule has 0 aromatic carbocycles. The molecule has 1 aliphatic carbocycles. The largest absolute Gasteiger partial charge is 0.480 e. The number of thioether (sulfide) groups is 1. The molecule has 1 rings (SSSR count). The van der Waals surface area contributed by atoms with Gasteiger partial charge in [0.25, 0.3) is 0 Å². The maximum absolute atomic E-state index is 11.9. The van der Waals surface area contributed by atoms with E-state index in [0.717, 1.165) is 25.7 Å². The summed E-state index contributed by atoms with van der Waals surface area (Å²) in [5, 5.41) is 14.6. The number of primary amides is 1. The Morgan fingerprint density at radius 1 is 1.33 bits per heavy atom. The highest BCUT2D eigenvalue weighted by atomic mass is 32.2. The molecule has 0 aromatic heterocycles. The topological polar surface area (TPSA) is 122 Å². The highest BCUT2D eigenvalue weighted by Crippen LogP contribution is 2.27. The third kappa shape index (κ3) is 6.24. The van der Waals surface area contributed by atoms with E-state index in [2.05, 4.69) is 10.6 Å². The molecule has 5 N–H and O–H groups in total. The molecule has 8 heteroatoms. The molecule has 0 heterocycles. The number of nitrogens with two attached hydrogens (primary N) is 1. The second-order valence-electron chi connectivity index (χ2n) is 5.18. The number of hydrogen-bond acceptors (Lipinski definition) is 4. The summed E-state index contributed by atoms with van der Waals surface area (Å²) >= 11 is 1.72. The number of carbonyl (C=O) groups excluding carboxylic acids is 2. The maximum Gasteiger partial charge on any atom is 0.326 e. The molecule has 3 atom stereocenters. The van der Waals surface area contributed by atoms with Crippen molar-refractivity contribution in [3.63, 3.8) is 0 Å². The van der Waals surface area contributed by atoms with Crippen LogP contribution in [0.1, 0.15) is 38.5 Å². The minimum atomic E-state index is -1.17. The van der Waals surface area contributed by atoms with Gasteiger partial charge in [-0.2, -0.15) is 11.8 Å². The Hall–Kier alpha value is -1.44. The Morgan fingerprint density at radius 2 is 2.00 bits per heavy atom. The average Bonchev–Trinajstić information content (AvgIpc) is 2.43. The average molecular weight is 317 g/mol. The molecule has 0 bridgehead atoms. The van der Waals surface area contributed by atoms with Gasteiger partial charge in [-0.15, -0.1) is 0 Å². The lowest BCUT2D eigenvalue weighted by atomic mass is 9.95. The lowest BCUT2D eigenvalue weighted by Gasteiger charge is -2.31. The highest BCUT2D eigenvalue weighted by molar-refractivity contribution is 7.99. The number of hydrogen-bond donors (Lipinski definition) is 4. The van der Waals surface area contributed by atoms with Gasteiger partial charge in [0.15, 0.2) is 0 Å². The van der Waals surface area contributed by atoms with Crippen LogP contribution in [-0.4, -0.2) is 46.6 Å². The van der Waals surface area contributed by atoms with Crippen LogP contribution in [0.5, 0.6) is 0 Å². The van der Waals surface area contributed by atoms with Crippen molar-refractivity contribution in [2.24, 2.45) is 5.73 Å². The molecule has 21 heavy (non-hydrogen) atoms. The van der Waals surface area contributed by atoms with Crippen molar-refractivity contribution in [3.8, 4) is 0 Å². The molecule has 1 saturated carbocycles. The third-order valence-electron chi connectivity index (χ3n) is 3.60. The van der Waals surface area contributed by atoms with Crippen molar-refractivity contribution >= 4 is 29.7 Å². The predicted molar refractivity (Wildman–Crippen MR) is 81.1 cm³/mol. The van der Waals surface area contributed by atoms with Crippen LogP contribution < -0.4 is 16.4 Å². The second-order valence-corrected chi connectivity index (χ2v) is 6.26. The van der Waals surface area contributed by atoms with E-state index in [9.17, 15) is 14.4 Å². The smallest absolute Gasteiger partial charge is 0.326 e. The Kier molecular flexibility index (Phi) is 7.35. The van der Waals surface area contributed by atoms with Crippen LogP contribution in [0.15, 0.2) is 0 Å². The van der Waals surface area contributed by atoms with Gasteiger partial charge in [-0.3, -0.25) is 4.79 Å². The number of aliphatic carboxylic acids is 1. The molecule has 120 valence electrons. The molecule has 1 aliphatic rings. The zero-order valence-electron chi connectivity index (χ0n) is 12.1. The van der Waals surface area contributed by atoms with Crippen LogP contribution in [0.25, 0.3) is 0 Å². The van der Waals surface area contributed by atoms with E-state index in [1.165, 1.54) is 0 Å². The molecule has 0 aromatic rings. The number of nitrogens with one attached hydrogen (secondary N) is 2. The van der Waals surface area contributed by atoms with Crippen LogP contribution in [-0.2, 0) is 9.59 Å². The molecule has 0 aliphatic heterocycles. The third-order valence-corrected chi connectivity index (χ3v) is 4.77. The molecular weight excluding hydrogens is 294 g/mol. The minimum absolute atomic E-state index is 0.00525. The van der Waals surface area contributed by atoms with E-state index in [-0.39, 0.29) is 18.9 Å². The van der Waals surface area contributed by atoms with Gasteiger partial charge < -0.3 is 21.5 Å². The number of carboxylic acids is 1.